The lowest BCUT2D eigenvalue weighted by Gasteiger charge is -2.19. The third kappa shape index (κ3) is 5.05. The minimum absolute atomic E-state index is 0.222. The van der Waals surface area contributed by atoms with E-state index < -0.39 is 0 Å². The van der Waals surface area contributed by atoms with E-state index in [1.807, 2.05) is 6.07 Å². The summed E-state index contributed by atoms with van der Waals surface area (Å²) in [6.07, 6.45) is 4.77. The molecule has 0 saturated heterocycles. The molecule has 0 spiro atoms. The zero-order valence-electron chi connectivity index (χ0n) is 12.1. The molecule has 0 bridgehead atoms. The maximum Gasteiger partial charge on any atom is 0.0785 e. The van der Waals surface area contributed by atoms with Gasteiger partial charge in [-0.3, -0.25) is 0 Å². The molecule has 1 heteroatoms. The molecule has 0 aliphatic carbocycles. The predicted molar refractivity (Wildman–Crippen MR) is 78.5 cm³/mol. The fraction of sp³-hybridized carbons (Fsp3) is 0.529. The van der Waals surface area contributed by atoms with Crippen molar-refractivity contribution in [2.45, 2.75) is 53.2 Å². The van der Waals surface area contributed by atoms with Gasteiger partial charge in [-0.15, -0.1) is 0 Å². The van der Waals surface area contributed by atoms with Crippen LogP contribution in [0.15, 0.2) is 42.0 Å². The smallest absolute Gasteiger partial charge is 0.0785 e. The lowest BCUT2D eigenvalue weighted by atomic mass is 10.0. The van der Waals surface area contributed by atoms with Gasteiger partial charge in [0.15, 0.2) is 0 Å². The molecule has 1 rings (SSSR count). The summed E-state index contributed by atoms with van der Waals surface area (Å²) in [5, 5.41) is 0. The van der Waals surface area contributed by atoms with Crippen molar-refractivity contribution in [2.24, 2.45) is 5.92 Å². The Balaban J connectivity index is 2.61. The third-order valence-electron chi connectivity index (χ3n) is 3.25. The van der Waals surface area contributed by atoms with Gasteiger partial charge in [-0.05, 0) is 24.3 Å². The van der Waals surface area contributed by atoms with Crippen molar-refractivity contribution in [1.82, 2.24) is 0 Å². The van der Waals surface area contributed by atoms with E-state index in [0.29, 0.717) is 12.5 Å². The second kappa shape index (κ2) is 8.10. The van der Waals surface area contributed by atoms with Crippen LogP contribution in [0.4, 0.5) is 0 Å². The van der Waals surface area contributed by atoms with E-state index in [4.69, 9.17) is 4.74 Å². The Morgan fingerprint density at radius 1 is 1.11 bits per heavy atom. The lowest BCUT2D eigenvalue weighted by Crippen LogP contribution is -2.17. The number of allylic oxidation sites excluding steroid dienone is 1. The summed E-state index contributed by atoms with van der Waals surface area (Å²) in [7, 11) is 0. The van der Waals surface area contributed by atoms with E-state index >= 15 is 0 Å². The van der Waals surface area contributed by atoms with E-state index in [9.17, 15) is 0 Å². The highest BCUT2D eigenvalue weighted by Gasteiger charge is 2.11. The minimum Gasteiger partial charge on any atom is -0.369 e. The largest absolute Gasteiger partial charge is 0.369 e. The minimum atomic E-state index is 0.222. The summed E-state index contributed by atoms with van der Waals surface area (Å²) in [5.41, 5.74) is 2.73. The summed E-state index contributed by atoms with van der Waals surface area (Å²) in [6.45, 7) is 9.55. The highest BCUT2D eigenvalue weighted by Crippen LogP contribution is 2.16. The van der Waals surface area contributed by atoms with Gasteiger partial charge in [0.1, 0.15) is 0 Å². The van der Waals surface area contributed by atoms with Crippen LogP contribution < -0.4 is 0 Å². The fourth-order valence-electron chi connectivity index (χ4n) is 1.92. The summed E-state index contributed by atoms with van der Waals surface area (Å²) in [4.78, 5) is 0. The number of hydrogen-bond donors (Lipinski definition) is 0. The van der Waals surface area contributed by atoms with Crippen LogP contribution in [-0.4, -0.2) is 6.10 Å². The Morgan fingerprint density at radius 2 is 1.72 bits per heavy atom. The van der Waals surface area contributed by atoms with Crippen LogP contribution in [-0.2, 0) is 11.3 Å². The quantitative estimate of drug-likeness (QED) is 0.617. The number of benzene rings is 1. The Hall–Kier alpha value is -1.08. The van der Waals surface area contributed by atoms with Crippen molar-refractivity contribution in [3.05, 3.63) is 47.5 Å². The molecular weight excluding hydrogens is 220 g/mol. The maximum atomic E-state index is 6.05. The van der Waals surface area contributed by atoms with Crippen molar-refractivity contribution in [2.75, 3.05) is 0 Å². The summed E-state index contributed by atoms with van der Waals surface area (Å²) in [6, 6.07) is 10.4. The topological polar surface area (TPSA) is 9.23 Å². The Kier molecular flexibility index (Phi) is 6.74. The molecule has 100 valence electrons. The summed E-state index contributed by atoms with van der Waals surface area (Å²) < 4.78 is 6.05. The molecule has 0 aliphatic rings. The van der Waals surface area contributed by atoms with E-state index in [2.05, 4.69) is 58.0 Å². The van der Waals surface area contributed by atoms with E-state index in [0.717, 1.165) is 12.8 Å². The summed E-state index contributed by atoms with van der Waals surface area (Å²) in [5.74, 6) is 0.516. The van der Waals surface area contributed by atoms with Crippen LogP contribution in [0.1, 0.15) is 46.1 Å². The van der Waals surface area contributed by atoms with Gasteiger partial charge >= 0.3 is 0 Å². The standard InChI is InChI=1S/C17H26O/c1-5-15(6-2)12-17(14(3)4)18-13-16-10-8-7-9-11-16/h7-12,14,17H,5-6,13H2,1-4H3. The molecule has 0 fully saturated rings. The molecule has 0 radical (unpaired) electrons. The van der Waals surface area contributed by atoms with E-state index in [1.54, 1.807) is 0 Å². The Bertz CT molecular complexity index is 345. The highest BCUT2D eigenvalue weighted by molar-refractivity contribution is 5.14. The van der Waals surface area contributed by atoms with Crippen molar-refractivity contribution < 1.29 is 4.74 Å². The predicted octanol–water partition coefficient (Wildman–Crippen LogP) is 4.97. The normalized spacial score (nSPS) is 12.5. The van der Waals surface area contributed by atoms with Gasteiger partial charge in [-0.25, -0.2) is 0 Å². The van der Waals surface area contributed by atoms with Gasteiger partial charge in [0, 0.05) is 0 Å². The molecule has 0 aliphatic heterocycles. The van der Waals surface area contributed by atoms with Crippen LogP contribution >= 0.6 is 0 Å². The van der Waals surface area contributed by atoms with Gasteiger partial charge in [-0.1, -0.05) is 69.7 Å². The first-order chi connectivity index (χ1) is 8.67. The molecule has 18 heavy (non-hydrogen) atoms. The van der Waals surface area contributed by atoms with Gasteiger partial charge in [0.25, 0.3) is 0 Å². The Morgan fingerprint density at radius 3 is 2.22 bits per heavy atom. The molecule has 0 N–H and O–H groups in total. The van der Waals surface area contributed by atoms with Gasteiger partial charge in [0.05, 0.1) is 12.7 Å². The zero-order chi connectivity index (χ0) is 13.4. The van der Waals surface area contributed by atoms with Gasteiger partial charge in [-0.2, -0.15) is 0 Å². The average molecular weight is 246 g/mol. The molecule has 1 atom stereocenters. The third-order valence-corrected chi connectivity index (χ3v) is 3.25. The van der Waals surface area contributed by atoms with Crippen LogP contribution in [0, 0.1) is 5.92 Å². The molecule has 1 aromatic carbocycles. The van der Waals surface area contributed by atoms with Crippen molar-refractivity contribution in [3.63, 3.8) is 0 Å². The van der Waals surface area contributed by atoms with E-state index in [-0.39, 0.29) is 6.10 Å². The zero-order valence-corrected chi connectivity index (χ0v) is 12.1. The van der Waals surface area contributed by atoms with Crippen LogP contribution in [0.25, 0.3) is 0 Å². The van der Waals surface area contributed by atoms with Crippen molar-refractivity contribution in [1.29, 1.82) is 0 Å². The molecule has 1 nitrogen and oxygen atoms in total. The van der Waals surface area contributed by atoms with E-state index in [1.165, 1.54) is 11.1 Å². The first kappa shape index (κ1) is 15.0. The van der Waals surface area contributed by atoms with Crippen molar-refractivity contribution in [3.8, 4) is 0 Å². The lowest BCUT2D eigenvalue weighted by molar-refractivity contribution is 0.0422. The molecule has 0 amide bonds. The second-order valence-electron chi connectivity index (χ2n) is 5.04. The van der Waals surface area contributed by atoms with Crippen LogP contribution in [0.5, 0.6) is 0 Å². The highest BCUT2D eigenvalue weighted by atomic mass is 16.5. The van der Waals surface area contributed by atoms with Crippen molar-refractivity contribution >= 4 is 0 Å². The monoisotopic (exact) mass is 246 g/mol. The van der Waals surface area contributed by atoms with Crippen LogP contribution in [0.2, 0.25) is 0 Å². The molecule has 1 unspecified atom stereocenters. The second-order valence-corrected chi connectivity index (χ2v) is 5.04. The van der Waals surface area contributed by atoms with Gasteiger partial charge in [0.2, 0.25) is 0 Å². The fourth-order valence-corrected chi connectivity index (χ4v) is 1.92. The molecular formula is C17H26O. The molecule has 0 saturated carbocycles. The number of ether oxygens (including phenoxy) is 1. The first-order valence-corrected chi connectivity index (χ1v) is 7.02. The number of hydrogen-bond acceptors (Lipinski definition) is 1. The maximum absolute atomic E-state index is 6.05. The summed E-state index contributed by atoms with van der Waals surface area (Å²) >= 11 is 0. The first-order valence-electron chi connectivity index (χ1n) is 7.02. The molecule has 0 aromatic heterocycles. The SMILES string of the molecule is CCC(=CC(OCc1ccccc1)C(C)C)CC. The average Bonchev–Trinajstić information content (AvgIpc) is 2.40. The molecule has 0 heterocycles. The number of rotatable bonds is 7. The van der Waals surface area contributed by atoms with Gasteiger partial charge < -0.3 is 4.74 Å². The molecule has 1 aromatic rings. The van der Waals surface area contributed by atoms with Crippen LogP contribution in [0.3, 0.4) is 0 Å². The Labute approximate surface area is 112 Å².